The van der Waals surface area contributed by atoms with Crippen molar-refractivity contribution in [2.75, 3.05) is 31.1 Å². The van der Waals surface area contributed by atoms with Gasteiger partial charge >= 0.3 is 0 Å². The zero-order chi connectivity index (χ0) is 16.5. The molecule has 0 aromatic heterocycles. The molecule has 0 unspecified atom stereocenters. The highest BCUT2D eigenvalue weighted by Gasteiger charge is 2.22. The minimum absolute atomic E-state index is 0.181. The van der Waals surface area contributed by atoms with E-state index in [0.29, 0.717) is 38.3 Å². The molecule has 3 nitrogen and oxygen atoms in total. The maximum atomic E-state index is 13.8. The van der Waals surface area contributed by atoms with Crippen LogP contribution in [0.15, 0.2) is 24.3 Å². The first-order valence-corrected chi connectivity index (χ1v) is 8.99. The van der Waals surface area contributed by atoms with Crippen LogP contribution in [0.4, 0.5) is 10.1 Å². The Bertz CT molecular complexity index is 484. The molecule has 0 atom stereocenters. The topological polar surface area (TPSA) is 23.6 Å². The normalized spacial score (nSPS) is 15.0. The first-order valence-electron chi connectivity index (χ1n) is 8.99. The molecule has 0 N–H and O–H groups in total. The Balaban J connectivity index is 1.68. The molecule has 1 aliphatic heterocycles. The van der Waals surface area contributed by atoms with Crippen LogP contribution in [0.5, 0.6) is 0 Å². The van der Waals surface area contributed by atoms with Crippen LogP contribution in [0.1, 0.15) is 51.9 Å². The van der Waals surface area contributed by atoms with Crippen LogP contribution >= 0.6 is 0 Å². The van der Waals surface area contributed by atoms with E-state index in [9.17, 15) is 9.18 Å². The summed E-state index contributed by atoms with van der Waals surface area (Å²) in [4.78, 5) is 16.2. The quantitative estimate of drug-likeness (QED) is 0.669. The minimum Gasteiger partial charge on any atom is -0.366 e. The van der Waals surface area contributed by atoms with Gasteiger partial charge < -0.3 is 9.80 Å². The first-order chi connectivity index (χ1) is 11.2. The third kappa shape index (κ3) is 5.52. The fraction of sp³-hybridized carbons (Fsp3) is 0.632. The summed E-state index contributed by atoms with van der Waals surface area (Å²) in [6.45, 7) is 5.03. The molecule has 1 aliphatic rings. The fourth-order valence-corrected chi connectivity index (χ4v) is 3.12. The average Bonchev–Trinajstić information content (AvgIpc) is 2.58. The van der Waals surface area contributed by atoms with E-state index < -0.39 is 0 Å². The smallest absolute Gasteiger partial charge is 0.222 e. The highest BCUT2D eigenvalue weighted by Crippen LogP contribution is 2.20. The predicted octanol–water partition coefficient (Wildman–Crippen LogP) is 4.22. The number of carbonyl (C=O) groups is 1. The molecule has 0 radical (unpaired) electrons. The Morgan fingerprint density at radius 3 is 2.35 bits per heavy atom. The Morgan fingerprint density at radius 2 is 1.65 bits per heavy atom. The first kappa shape index (κ1) is 17.8. The van der Waals surface area contributed by atoms with Crippen molar-refractivity contribution in [1.82, 2.24) is 4.90 Å². The summed E-state index contributed by atoms with van der Waals surface area (Å²) in [6, 6.07) is 6.86. The number of rotatable bonds is 8. The number of carbonyl (C=O) groups excluding carboxylic acids is 1. The summed E-state index contributed by atoms with van der Waals surface area (Å²) in [6.07, 6.45) is 7.88. The van der Waals surface area contributed by atoms with Crippen LogP contribution in [-0.4, -0.2) is 37.0 Å². The summed E-state index contributed by atoms with van der Waals surface area (Å²) in [5.41, 5.74) is 0.649. The van der Waals surface area contributed by atoms with Gasteiger partial charge in [0.15, 0.2) is 0 Å². The predicted molar refractivity (Wildman–Crippen MR) is 93.2 cm³/mol. The van der Waals surface area contributed by atoms with Crippen LogP contribution in [0.2, 0.25) is 0 Å². The molecule has 1 heterocycles. The maximum Gasteiger partial charge on any atom is 0.222 e. The monoisotopic (exact) mass is 320 g/mol. The number of benzene rings is 1. The summed E-state index contributed by atoms with van der Waals surface area (Å²) in [5.74, 6) is 0.0769. The molecule has 1 amide bonds. The number of hydrogen-bond donors (Lipinski definition) is 0. The third-order valence-electron chi connectivity index (χ3n) is 4.57. The Hall–Kier alpha value is -1.58. The molecule has 0 aliphatic carbocycles. The molecular weight excluding hydrogens is 291 g/mol. The van der Waals surface area contributed by atoms with Gasteiger partial charge in [0.1, 0.15) is 5.82 Å². The van der Waals surface area contributed by atoms with Gasteiger partial charge in [0, 0.05) is 32.6 Å². The molecule has 1 aromatic rings. The Labute approximate surface area is 139 Å². The van der Waals surface area contributed by atoms with Gasteiger partial charge in [-0.3, -0.25) is 4.79 Å². The van der Waals surface area contributed by atoms with E-state index in [1.807, 2.05) is 21.9 Å². The molecule has 0 bridgehead atoms. The van der Waals surface area contributed by atoms with Crippen molar-refractivity contribution in [3.8, 4) is 0 Å². The number of para-hydroxylation sites is 1. The Morgan fingerprint density at radius 1 is 1.00 bits per heavy atom. The highest BCUT2D eigenvalue weighted by atomic mass is 19.1. The fourth-order valence-electron chi connectivity index (χ4n) is 3.12. The number of piperazine rings is 1. The second-order valence-electron chi connectivity index (χ2n) is 6.34. The van der Waals surface area contributed by atoms with Crippen LogP contribution < -0.4 is 4.90 Å². The van der Waals surface area contributed by atoms with Gasteiger partial charge in [-0.15, -0.1) is 0 Å². The van der Waals surface area contributed by atoms with Crippen molar-refractivity contribution in [3.63, 3.8) is 0 Å². The lowest BCUT2D eigenvalue weighted by atomic mass is 10.1. The lowest BCUT2D eigenvalue weighted by Gasteiger charge is -2.36. The van der Waals surface area contributed by atoms with Gasteiger partial charge in [0.2, 0.25) is 5.91 Å². The molecule has 1 fully saturated rings. The summed E-state index contributed by atoms with van der Waals surface area (Å²) >= 11 is 0. The molecule has 1 saturated heterocycles. The zero-order valence-electron chi connectivity index (χ0n) is 14.3. The third-order valence-corrected chi connectivity index (χ3v) is 4.57. The van der Waals surface area contributed by atoms with Crippen molar-refractivity contribution in [2.45, 2.75) is 51.9 Å². The number of anilines is 1. The van der Waals surface area contributed by atoms with Crippen molar-refractivity contribution in [3.05, 3.63) is 30.1 Å². The van der Waals surface area contributed by atoms with Gasteiger partial charge in [-0.25, -0.2) is 4.39 Å². The molecule has 2 rings (SSSR count). The maximum absolute atomic E-state index is 13.8. The van der Waals surface area contributed by atoms with Crippen molar-refractivity contribution >= 4 is 11.6 Å². The van der Waals surface area contributed by atoms with E-state index in [0.717, 1.165) is 12.8 Å². The number of unbranched alkanes of at least 4 members (excludes halogenated alkanes) is 5. The van der Waals surface area contributed by atoms with E-state index >= 15 is 0 Å². The van der Waals surface area contributed by atoms with Crippen molar-refractivity contribution in [1.29, 1.82) is 0 Å². The summed E-state index contributed by atoms with van der Waals surface area (Å²) < 4.78 is 13.8. The van der Waals surface area contributed by atoms with E-state index in [2.05, 4.69) is 6.92 Å². The van der Waals surface area contributed by atoms with Gasteiger partial charge in [0.25, 0.3) is 0 Å². The van der Waals surface area contributed by atoms with Crippen LogP contribution in [0.25, 0.3) is 0 Å². The minimum atomic E-state index is -0.181. The van der Waals surface area contributed by atoms with Crippen molar-refractivity contribution in [2.24, 2.45) is 0 Å². The largest absolute Gasteiger partial charge is 0.366 e. The van der Waals surface area contributed by atoms with Gasteiger partial charge in [-0.05, 0) is 18.6 Å². The number of hydrogen-bond acceptors (Lipinski definition) is 2. The molecule has 4 heteroatoms. The van der Waals surface area contributed by atoms with E-state index in [1.165, 1.54) is 31.7 Å². The van der Waals surface area contributed by atoms with Crippen LogP contribution in [0, 0.1) is 5.82 Å². The zero-order valence-corrected chi connectivity index (χ0v) is 14.3. The van der Waals surface area contributed by atoms with Crippen LogP contribution in [-0.2, 0) is 4.79 Å². The average molecular weight is 320 g/mol. The van der Waals surface area contributed by atoms with Gasteiger partial charge in [-0.1, -0.05) is 51.2 Å². The standard InChI is InChI=1S/C19H29FN2O/c1-2-3-4-5-6-7-12-19(23)22-15-13-21(14-16-22)18-11-9-8-10-17(18)20/h8-11H,2-7,12-16H2,1H3. The number of amides is 1. The Kier molecular flexibility index (Phi) is 7.37. The van der Waals surface area contributed by atoms with Crippen LogP contribution in [0.3, 0.4) is 0 Å². The highest BCUT2D eigenvalue weighted by molar-refractivity contribution is 5.76. The van der Waals surface area contributed by atoms with Gasteiger partial charge in [-0.2, -0.15) is 0 Å². The number of nitrogens with zero attached hydrogens (tertiary/aromatic N) is 2. The molecule has 0 spiro atoms. The molecular formula is C19H29FN2O. The molecule has 0 saturated carbocycles. The van der Waals surface area contributed by atoms with E-state index in [-0.39, 0.29) is 11.7 Å². The van der Waals surface area contributed by atoms with Gasteiger partial charge in [0.05, 0.1) is 5.69 Å². The molecule has 23 heavy (non-hydrogen) atoms. The second-order valence-corrected chi connectivity index (χ2v) is 6.34. The SMILES string of the molecule is CCCCCCCCC(=O)N1CCN(c2ccccc2F)CC1. The number of halogens is 1. The summed E-state index contributed by atoms with van der Waals surface area (Å²) in [7, 11) is 0. The lowest BCUT2D eigenvalue weighted by molar-refractivity contribution is -0.131. The molecule has 128 valence electrons. The van der Waals surface area contributed by atoms with E-state index in [4.69, 9.17) is 0 Å². The van der Waals surface area contributed by atoms with E-state index in [1.54, 1.807) is 6.07 Å². The molecule has 1 aromatic carbocycles. The summed E-state index contributed by atoms with van der Waals surface area (Å²) in [5, 5.41) is 0. The van der Waals surface area contributed by atoms with Crippen molar-refractivity contribution < 1.29 is 9.18 Å². The second kappa shape index (κ2) is 9.53. The lowest BCUT2D eigenvalue weighted by Crippen LogP contribution is -2.49.